The van der Waals surface area contributed by atoms with Crippen molar-refractivity contribution < 1.29 is 23.8 Å². The molecule has 3 atom stereocenters. The molecule has 0 bridgehead atoms. The number of carboxylic acids is 1. The summed E-state index contributed by atoms with van der Waals surface area (Å²) in [5.41, 5.74) is 11.8. The Morgan fingerprint density at radius 1 is 1.32 bits per heavy atom. The summed E-state index contributed by atoms with van der Waals surface area (Å²) in [6.45, 7) is 3.79. The summed E-state index contributed by atoms with van der Waals surface area (Å²) in [5.74, 6) is -0.835. The molecule has 5 N–H and O–H groups in total. The second-order valence-electron chi connectivity index (χ2n) is 7.49. The van der Waals surface area contributed by atoms with E-state index < -0.39 is 17.7 Å². The van der Waals surface area contributed by atoms with E-state index in [1.807, 2.05) is 0 Å². The van der Waals surface area contributed by atoms with Crippen LogP contribution in [0.4, 0.5) is 4.39 Å². The van der Waals surface area contributed by atoms with E-state index in [0.717, 1.165) is 26.2 Å². The number of para-hydroxylation sites is 1. The van der Waals surface area contributed by atoms with Crippen LogP contribution in [0.25, 0.3) is 5.69 Å². The number of hydrogen-bond donors (Lipinski definition) is 3. The van der Waals surface area contributed by atoms with Gasteiger partial charge in [-0.1, -0.05) is 19.1 Å². The fourth-order valence-corrected chi connectivity index (χ4v) is 3.51. The summed E-state index contributed by atoms with van der Waals surface area (Å²) in [7, 11) is 0. The number of nitrogens with zero attached hydrogens (tertiary/aromatic N) is 3. The van der Waals surface area contributed by atoms with Gasteiger partial charge in [0, 0.05) is 25.5 Å². The molecule has 3 rings (SSSR count). The van der Waals surface area contributed by atoms with Crippen LogP contribution in [0.3, 0.4) is 0 Å². The van der Waals surface area contributed by atoms with Gasteiger partial charge in [0.15, 0.2) is 5.82 Å². The van der Waals surface area contributed by atoms with Crippen molar-refractivity contribution in [3.8, 4) is 5.69 Å². The van der Waals surface area contributed by atoms with Crippen molar-refractivity contribution in [2.45, 2.75) is 64.0 Å². The number of rotatable bonds is 7. The first-order valence-electron chi connectivity index (χ1n) is 10.3. The van der Waals surface area contributed by atoms with Crippen LogP contribution in [-0.4, -0.2) is 50.5 Å². The van der Waals surface area contributed by atoms with E-state index in [-0.39, 0.29) is 24.5 Å². The molecule has 10 heteroatoms. The number of hydrogen-bond acceptors (Lipinski definition) is 6. The number of aromatic nitrogens is 3. The molecule has 1 saturated carbocycles. The van der Waals surface area contributed by atoms with E-state index in [4.69, 9.17) is 26.1 Å². The third-order valence-corrected chi connectivity index (χ3v) is 4.83. The van der Waals surface area contributed by atoms with Gasteiger partial charge in [0.05, 0.1) is 12.5 Å². The zero-order valence-electron chi connectivity index (χ0n) is 17.8. The summed E-state index contributed by atoms with van der Waals surface area (Å²) in [4.78, 5) is 24.8. The highest BCUT2D eigenvalue weighted by Gasteiger charge is 2.33. The topological polar surface area (TPSA) is 146 Å². The lowest BCUT2D eigenvalue weighted by Crippen LogP contribution is -2.42. The average Bonchev–Trinajstić information content (AvgIpc) is 3.10. The Balaban J connectivity index is 0.000000785. The lowest BCUT2D eigenvalue weighted by Gasteiger charge is -2.33. The van der Waals surface area contributed by atoms with Gasteiger partial charge in [0.1, 0.15) is 17.3 Å². The van der Waals surface area contributed by atoms with Gasteiger partial charge in [-0.15, -0.1) is 0 Å². The zero-order chi connectivity index (χ0) is 23.0. The Kier molecular flexibility index (Phi) is 9.07. The number of ether oxygens (including phenoxy) is 1. The molecule has 9 nitrogen and oxygen atoms in total. The molecule has 1 fully saturated rings. The minimum atomic E-state index is -0.833. The molecule has 1 heterocycles. The largest absolute Gasteiger partial charge is 0.481 e. The monoisotopic (exact) mass is 435 g/mol. The SMILES string of the molecule is CC(=O)O.CCCO[C@H]1C[C@@H](c2nc(CC(N)=O)nn2-c2ccccc2F)CC[C@@H]1N. The zero-order valence-corrected chi connectivity index (χ0v) is 17.8. The highest BCUT2D eigenvalue weighted by atomic mass is 19.1. The molecule has 0 radical (unpaired) electrons. The normalized spacial score (nSPS) is 20.6. The van der Waals surface area contributed by atoms with Crippen molar-refractivity contribution in [3.63, 3.8) is 0 Å². The maximum Gasteiger partial charge on any atom is 0.300 e. The van der Waals surface area contributed by atoms with Crippen LogP contribution < -0.4 is 11.5 Å². The van der Waals surface area contributed by atoms with Gasteiger partial charge in [-0.05, 0) is 37.8 Å². The highest BCUT2D eigenvalue weighted by Crippen LogP contribution is 2.34. The Bertz CT molecular complexity index is 884. The summed E-state index contributed by atoms with van der Waals surface area (Å²) < 4.78 is 21.8. The minimum absolute atomic E-state index is 0.0142. The van der Waals surface area contributed by atoms with Crippen LogP contribution in [0, 0.1) is 5.82 Å². The quantitative estimate of drug-likeness (QED) is 0.602. The number of halogens is 1. The molecule has 1 aromatic heterocycles. The fraction of sp³-hybridized carbons (Fsp3) is 0.524. The first-order chi connectivity index (χ1) is 14.7. The number of primary amides is 1. The van der Waals surface area contributed by atoms with Gasteiger partial charge in [0.25, 0.3) is 5.97 Å². The van der Waals surface area contributed by atoms with Gasteiger partial charge in [-0.25, -0.2) is 14.1 Å². The smallest absolute Gasteiger partial charge is 0.300 e. The van der Waals surface area contributed by atoms with E-state index in [9.17, 15) is 9.18 Å². The predicted octanol–water partition coefficient (Wildman–Crippen LogP) is 1.92. The van der Waals surface area contributed by atoms with Crippen LogP contribution in [0.2, 0.25) is 0 Å². The summed E-state index contributed by atoms with van der Waals surface area (Å²) in [6.07, 6.45) is 3.03. The van der Waals surface area contributed by atoms with Gasteiger partial charge in [-0.3, -0.25) is 9.59 Å². The lowest BCUT2D eigenvalue weighted by molar-refractivity contribution is -0.134. The molecule has 1 amide bonds. The number of aliphatic carboxylic acids is 1. The second kappa shape index (κ2) is 11.5. The Hall–Kier alpha value is -2.85. The van der Waals surface area contributed by atoms with Crippen LogP contribution in [-0.2, 0) is 20.7 Å². The minimum Gasteiger partial charge on any atom is -0.481 e. The molecule has 0 spiro atoms. The van der Waals surface area contributed by atoms with Gasteiger partial charge in [0.2, 0.25) is 5.91 Å². The van der Waals surface area contributed by atoms with Crippen molar-refractivity contribution in [1.29, 1.82) is 0 Å². The van der Waals surface area contributed by atoms with E-state index in [2.05, 4.69) is 17.0 Å². The summed E-state index contributed by atoms with van der Waals surface area (Å²) >= 11 is 0. The summed E-state index contributed by atoms with van der Waals surface area (Å²) in [6, 6.07) is 6.35. The molecule has 31 heavy (non-hydrogen) atoms. The average molecular weight is 436 g/mol. The summed E-state index contributed by atoms with van der Waals surface area (Å²) in [5, 5.41) is 11.8. The number of carbonyl (C=O) groups excluding carboxylic acids is 1. The fourth-order valence-electron chi connectivity index (χ4n) is 3.51. The Morgan fingerprint density at radius 2 is 2.00 bits per heavy atom. The number of amides is 1. The Labute approximate surface area is 180 Å². The molecule has 170 valence electrons. The number of nitrogens with two attached hydrogens (primary N) is 2. The van der Waals surface area contributed by atoms with Crippen molar-refractivity contribution in [2.75, 3.05) is 6.61 Å². The molecule has 0 saturated heterocycles. The number of carbonyl (C=O) groups is 2. The number of carboxylic acid groups (broad SMARTS) is 1. The standard InChI is InChI=1S/C19H26FN5O2.C2H4O2/c1-2-9-27-16-10-12(7-8-14(16)21)19-23-18(11-17(22)26)24-25(19)15-6-4-3-5-13(15)20;1-2(3)4/h3-6,12,14,16H,2,7-11,21H2,1H3,(H2,22,26);1H3,(H,3,4)/t12-,14-,16-;/m0./s1. The van der Waals surface area contributed by atoms with E-state index >= 15 is 0 Å². The van der Waals surface area contributed by atoms with Crippen molar-refractivity contribution in [2.24, 2.45) is 11.5 Å². The maximum absolute atomic E-state index is 14.4. The van der Waals surface area contributed by atoms with Crippen molar-refractivity contribution >= 4 is 11.9 Å². The van der Waals surface area contributed by atoms with E-state index in [0.29, 0.717) is 30.4 Å². The molecular weight excluding hydrogens is 405 g/mol. The van der Waals surface area contributed by atoms with Crippen LogP contribution in [0.1, 0.15) is 57.1 Å². The molecule has 1 aliphatic rings. The van der Waals surface area contributed by atoms with Crippen molar-refractivity contribution in [1.82, 2.24) is 14.8 Å². The molecule has 1 aromatic carbocycles. The first kappa shape index (κ1) is 24.4. The molecule has 2 aromatic rings. The maximum atomic E-state index is 14.4. The predicted molar refractivity (Wildman–Crippen MR) is 112 cm³/mol. The number of benzene rings is 1. The molecule has 1 aliphatic carbocycles. The van der Waals surface area contributed by atoms with Gasteiger partial charge >= 0.3 is 0 Å². The molecule has 0 unspecified atom stereocenters. The van der Waals surface area contributed by atoms with Gasteiger partial charge < -0.3 is 21.3 Å². The Morgan fingerprint density at radius 3 is 2.61 bits per heavy atom. The molecular formula is C21H30FN5O4. The third kappa shape index (κ3) is 7.11. The van der Waals surface area contributed by atoms with Crippen LogP contribution >= 0.6 is 0 Å². The van der Waals surface area contributed by atoms with E-state index in [1.54, 1.807) is 18.2 Å². The second-order valence-corrected chi connectivity index (χ2v) is 7.49. The third-order valence-electron chi connectivity index (χ3n) is 4.83. The first-order valence-corrected chi connectivity index (χ1v) is 10.3. The highest BCUT2D eigenvalue weighted by molar-refractivity contribution is 5.75. The van der Waals surface area contributed by atoms with Crippen LogP contribution in [0.15, 0.2) is 24.3 Å². The van der Waals surface area contributed by atoms with Crippen molar-refractivity contribution in [3.05, 3.63) is 41.7 Å². The van der Waals surface area contributed by atoms with E-state index in [1.165, 1.54) is 10.7 Å². The lowest BCUT2D eigenvalue weighted by atomic mass is 9.83. The van der Waals surface area contributed by atoms with Crippen LogP contribution in [0.5, 0.6) is 0 Å². The molecule has 0 aliphatic heterocycles. The van der Waals surface area contributed by atoms with Gasteiger partial charge in [-0.2, -0.15) is 5.10 Å².